The topological polar surface area (TPSA) is 52.6 Å². The van der Waals surface area contributed by atoms with E-state index < -0.39 is 11.9 Å². The van der Waals surface area contributed by atoms with E-state index in [0.717, 1.165) is 24.8 Å². The van der Waals surface area contributed by atoms with Crippen LogP contribution in [0.4, 0.5) is 0 Å². The van der Waals surface area contributed by atoms with Crippen LogP contribution in [0.15, 0.2) is 42.5 Å². The minimum atomic E-state index is -0.572. The number of unbranched alkanes of at least 4 members (excludes halogenated alkanes) is 4. The van der Waals surface area contributed by atoms with Crippen LogP contribution in [0.5, 0.6) is 5.75 Å². The smallest absolute Gasteiger partial charge is 0.343 e. The zero-order valence-electron chi connectivity index (χ0n) is 15.8. The van der Waals surface area contributed by atoms with Gasteiger partial charge in [0.15, 0.2) is 0 Å². The molecule has 4 nitrogen and oxygen atoms in total. The first-order chi connectivity index (χ1) is 13.0. The van der Waals surface area contributed by atoms with Crippen molar-refractivity contribution < 1.29 is 19.1 Å². The van der Waals surface area contributed by atoms with E-state index in [-0.39, 0.29) is 5.56 Å². The van der Waals surface area contributed by atoms with E-state index in [0.29, 0.717) is 22.9 Å². The highest BCUT2D eigenvalue weighted by Crippen LogP contribution is 2.26. The van der Waals surface area contributed by atoms with Gasteiger partial charge in [-0.05, 0) is 49.2 Å². The second-order valence-corrected chi connectivity index (χ2v) is 6.86. The molecule has 0 unspecified atom stereocenters. The maximum Gasteiger partial charge on any atom is 0.343 e. The summed E-state index contributed by atoms with van der Waals surface area (Å²) in [4.78, 5) is 24.6. The van der Waals surface area contributed by atoms with Gasteiger partial charge < -0.3 is 9.47 Å². The number of halogens is 1. The van der Waals surface area contributed by atoms with Gasteiger partial charge in [0.05, 0.1) is 22.8 Å². The van der Waals surface area contributed by atoms with Crippen LogP contribution in [-0.2, 0) is 4.74 Å². The second kappa shape index (κ2) is 10.7. The molecule has 0 saturated carbocycles. The first-order valence-corrected chi connectivity index (χ1v) is 9.64. The lowest BCUT2D eigenvalue weighted by Crippen LogP contribution is -2.12. The zero-order chi connectivity index (χ0) is 19.6. The summed E-state index contributed by atoms with van der Waals surface area (Å²) in [6.07, 6.45) is 5.42. The molecule has 27 heavy (non-hydrogen) atoms. The molecular weight excluding hydrogens is 364 g/mol. The number of carbonyl (C=O) groups is 2. The van der Waals surface area contributed by atoms with E-state index >= 15 is 0 Å². The van der Waals surface area contributed by atoms with E-state index in [1.54, 1.807) is 30.3 Å². The summed E-state index contributed by atoms with van der Waals surface area (Å²) < 4.78 is 10.6. The predicted octanol–water partition coefficient (Wildman–Crippen LogP) is 5.99. The lowest BCUT2D eigenvalue weighted by atomic mass is 10.1. The number of benzene rings is 2. The average molecular weight is 389 g/mol. The third-order valence-corrected chi connectivity index (χ3v) is 4.42. The van der Waals surface area contributed by atoms with Crippen LogP contribution in [0, 0.1) is 6.92 Å². The standard InChI is InChI=1S/C22H25ClO4/c1-3-4-5-6-7-13-26-21(24)17-9-8-10-18(15-17)22(25)27-20-14-16(2)11-12-19(20)23/h8-12,14-15H,3-7,13H2,1-2H3. The number of aryl methyl sites for hydroxylation is 1. The molecule has 0 N–H and O–H groups in total. The fourth-order valence-corrected chi connectivity index (χ4v) is 2.73. The molecule has 0 bridgehead atoms. The van der Waals surface area contributed by atoms with Gasteiger partial charge in [0.1, 0.15) is 5.75 Å². The van der Waals surface area contributed by atoms with E-state index in [1.165, 1.54) is 18.9 Å². The maximum absolute atomic E-state index is 12.4. The maximum atomic E-state index is 12.4. The highest BCUT2D eigenvalue weighted by atomic mass is 35.5. The van der Waals surface area contributed by atoms with Gasteiger partial charge in [-0.2, -0.15) is 0 Å². The van der Waals surface area contributed by atoms with Crippen LogP contribution in [0.3, 0.4) is 0 Å². The minimum Gasteiger partial charge on any atom is -0.462 e. The van der Waals surface area contributed by atoms with Crippen LogP contribution in [0.1, 0.15) is 65.3 Å². The van der Waals surface area contributed by atoms with E-state index in [2.05, 4.69) is 6.92 Å². The normalized spacial score (nSPS) is 10.5. The van der Waals surface area contributed by atoms with Gasteiger partial charge >= 0.3 is 11.9 Å². The molecule has 5 heteroatoms. The number of hydrogen-bond donors (Lipinski definition) is 0. The Morgan fingerprint density at radius 3 is 2.37 bits per heavy atom. The van der Waals surface area contributed by atoms with Crippen molar-refractivity contribution in [2.45, 2.75) is 46.0 Å². The predicted molar refractivity (Wildman–Crippen MR) is 107 cm³/mol. The molecule has 0 fully saturated rings. The molecule has 0 aliphatic rings. The molecule has 0 aliphatic carbocycles. The Bertz CT molecular complexity index is 786. The van der Waals surface area contributed by atoms with Gasteiger partial charge in [0, 0.05) is 0 Å². The van der Waals surface area contributed by atoms with E-state index in [4.69, 9.17) is 21.1 Å². The lowest BCUT2D eigenvalue weighted by Gasteiger charge is -2.09. The third kappa shape index (κ3) is 6.72. The Morgan fingerprint density at radius 1 is 0.926 bits per heavy atom. The molecule has 0 atom stereocenters. The first kappa shape index (κ1) is 21.0. The van der Waals surface area contributed by atoms with Crippen LogP contribution >= 0.6 is 11.6 Å². The summed E-state index contributed by atoms with van der Waals surface area (Å²) >= 11 is 6.06. The average Bonchev–Trinajstić information content (AvgIpc) is 2.67. The molecule has 144 valence electrons. The van der Waals surface area contributed by atoms with Gasteiger partial charge in [0.2, 0.25) is 0 Å². The Kier molecular flexibility index (Phi) is 8.34. The summed E-state index contributed by atoms with van der Waals surface area (Å²) in [5, 5.41) is 0.354. The fourth-order valence-electron chi connectivity index (χ4n) is 2.57. The van der Waals surface area contributed by atoms with Gasteiger partial charge in [-0.15, -0.1) is 0 Å². The summed E-state index contributed by atoms with van der Waals surface area (Å²) in [6, 6.07) is 11.5. The SMILES string of the molecule is CCCCCCCOC(=O)c1cccc(C(=O)Oc2cc(C)ccc2Cl)c1. The van der Waals surface area contributed by atoms with Crippen molar-refractivity contribution in [2.75, 3.05) is 6.61 Å². The number of rotatable bonds is 9. The van der Waals surface area contributed by atoms with Crippen LogP contribution < -0.4 is 4.74 Å². The lowest BCUT2D eigenvalue weighted by molar-refractivity contribution is 0.0497. The Labute approximate surface area is 165 Å². The van der Waals surface area contributed by atoms with Crippen LogP contribution in [0.2, 0.25) is 5.02 Å². The van der Waals surface area contributed by atoms with E-state index in [1.807, 2.05) is 13.0 Å². The molecule has 0 aromatic heterocycles. The molecule has 0 spiro atoms. The van der Waals surface area contributed by atoms with Crippen molar-refractivity contribution in [3.05, 3.63) is 64.2 Å². The monoisotopic (exact) mass is 388 g/mol. The molecule has 2 aromatic carbocycles. The number of ether oxygens (including phenoxy) is 2. The minimum absolute atomic E-state index is 0.268. The number of carbonyl (C=O) groups excluding carboxylic acids is 2. The molecular formula is C22H25ClO4. The molecule has 2 rings (SSSR count). The number of hydrogen-bond acceptors (Lipinski definition) is 4. The van der Waals surface area contributed by atoms with Gasteiger partial charge in [-0.3, -0.25) is 0 Å². The second-order valence-electron chi connectivity index (χ2n) is 6.45. The zero-order valence-corrected chi connectivity index (χ0v) is 16.6. The fraction of sp³-hybridized carbons (Fsp3) is 0.364. The third-order valence-electron chi connectivity index (χ3n) is 4.10. The molecule has 0 heterocycles. The van der Waals surface area contributed by atoms with E-state index in [9.17, 15) is 9.59 Å². The van der Waals surface area contributed by atoms with Gasteiger partial charge in [0.25, 0.3) is 0 Å². The van der Waals surface area contributed by atoms with Crippen molar-refractivity contribution in [2.24, 2.45) is 0 Å². The molecule has 0 radical (unpaired) electrons. The van der Waals surface area contributed by atoms with Crippen molar-refractivity contribution in [3.8, 4) is 5.75 Å². The summed E-state index contributed by atoms with van der Waals surface area (Å²) in [5.41, 5.74) is 1.52. The molecule has 0 aliphatic heterocycles. The Hall–Kier alpha value is -2.33. The van der Waals surface area contributed by atoms with Crippen LogP contribution in [-0.4, -0.2) is 18.5 Å². The van der Waals surface area contributed by atoms with Gasteiger partial charge in [-0.1, -0.05) is 56.3 Å². The Morgan fingerprint density at radius 2 is 1.63 bits per heavy atom. The highest BCUT2D eigenvalue weighted by Gasteiger charge is 2.14. The number of esters is 2. The molecule has 2 aromatic rings. The summed E-state index contributed by atoms with van der Waals surface area (Å²) in [6.45, 7) is 4.42. The van der Waals surface area contributed by atoms with Crippen molar-refractivity contribution in [1.82, 2.24) is 0 Å². The van der Waals surface area contributed by atoms with Gasteiger partial charge in [-0.25, -0.2) is 9.59 Å². The van der Waals surface area contributed by atoms with Crippen molar-refractivity contribution in [3.63, 3.8) is 0 Å². The highest BCUT2D eigenvalue weighted by molar-refractivity contribution is 6.32. The largest absolute Gasteiger partial charge is 0.462 e. The molecule has 0 saturated heterocycles. The van der Waals surface area contributed by atoms with Crippen molar-refractivity contribution >= 4 is 23.5 Å². The summed E-state index contributed by atoms with van der Waals surface area (Å²) in [5.74, 6) is -0.716. The van der Waals surface area contributed by atoms with Crippen molar-refractivity contribution in [1.29, 1.82) is 0 Å². The quantitative estimate of drug-likeness (QED) is 0.300. The molecule has 0 amide bonds. The first-order valence-electron chi connectivity index (χ1n) is 9.26. The Balaban J connectivity index is 1.94. The summed E-state index contributed by atoms with van der Waals surface area (Å²) in [7, 11) is 0. The van der Waals surface area contributed by atoms with Crippen LogP contribution in [0.25, 0.3) is 0 Å².